The predicted octanol–water partition coefficient (Wildman–Crippen LogP) is 2.08. The highest BCUT2D eigenvalue weighted by Crippen LogP contribution is 2.28. The van der Waals surface area contributed by atoms with E-state index >= 15 is 0 Å². The normalized spacial score (nSPS) is 22.4. The monoisotopic (exact) mass is 403 g/mol. The third-order valence-electron chi connectivity index (χ3n) is 5.01. The van der Waals surface area contributed by atoms with Crippen molar-refractivity contribution in [2.24, 2.45) is 4.36 Å². The second kappa shape index (κ2) is 7.65. The minimum atomic E-state index is -2.45. The Labute approximate surface area is 165 Å². The molecule has 0 unspecified atom stereocenters. The Morgan fingerprint density at radius 3 is 2.71 bits per heavy atom. The van der Waals surface area contributed by atoms with Crippen LogP contribution < -0.4 is 10.6 Å². The predicted molar refractivity (Wildman–Crippen MR) is 110 cm³/mol. The summed E-state index contributed by atoms with van der Waals surface area (Å²) in [7, 11) is -2.45. The lowest BCUT2D eigenvalue weighted by Crippen LogP contribution is -2.44. The summed E-state index contributed by atoms with van der Waals surface area (Å²) in [6.07, 6.45) is 1.67. The number of nitrogens with zero attached hydrogens (tertiary/aromatic N) is 4. The van der Waals surface area contributed by atoms with Crippen molar-refractivity contribution >= 4 is 27.1 Å². The second-order valence-corrected chi connectivity index (χ2v) is 9.83. The molecule has 8 nitrogen and oxygen atoms in total. The summed E-state index contributed by atoms with van der Waals surface area (Å²) in [5.41, 5.74) is 7.37. The highest BCUT2D eigenvalue weighted by atomic mass is 32.2. The van der Waals surface area contributed by atoms with Crippen LogP contribution in [0, 0.1) is 0 Å². The van der Waals surface area contributed by atoms with E-state index in [9.17, 15) is 4.21 Å². The molecule has 0 bridgehead atoms. The van der Waals surface area contributed by atoms with Crippen LogP contribution in [0.4, 0.5) is 17.3 Å². The highest BCUT2D eigenvalue weighted by Gasteiger charge is 2.28. The summed E-state index contributed by atoms with van der Waals surface area (Å²) in [6, 6.07) is 9.40. The Morgan fingerprint density at radius 1 is 1.21 bits per heavy atom. The number of aromatic nitrogens is 2. The SMILES string of the molecule is C[C@@H]1COCCN1c1cc(N=[S@](C)(=O)C2COC2)nc(-c2cccc(N)c2)n1. The summed E-state index contributed by atoms with van der Waals surface area (Å²) in [4.78, 5) is 11.5. The lowest BCUT2D eigenvalue weighted by atomic mass is 10.2. The number of benzene rings is 1. The molecule has 2 fully saturated rings. The number of morpholine rings is 1. The van der Waals surface area contributed by atoms with Crippen molar-refractivity contribution in [2.45, 2.75) is 18.2 Å². The maximum Gasteiger partial charge on any atom is 0.167 e. The van der Waals surface area contributed by atoms with E-state index in [0.717, 1.165) is 17.9 Å². The van der Waals surface area contributed by atoms with Crippen molar-refractivity contribution < 1.29 is 13.7 Å². The van der Waals surface area contributed by atoms with Gasteiger partial charge >= 0.3 is 0 Å². The maximum absolute atomic E-state index is 13.0. The summed E-state index contributed by atoms with van der Waals surface area (Å²) < 4.78 is 28.3. The van der Waals surface area contributed by atoms with Gasteiger partial charge in [0.1, 0.15) is 5.82 Å². The van der Waals surface area contributed by atoms with Crippen molar-refractivity contribution in [3.63, 3.8) is 0 Å². The largest absolute Gasteiger partial charge is 0.399 e. The number of ether oxygens (including phenoxy) is 2. The maximum atomic E-state index is 13.0. The van der Waals surface area contributed by atoms with Gasteiger partial charge in [-0.05, 0) is 19.1 Å². The molecule has 0 amide bonds. The molecule has 1 aromatic heterocycles. The fourth-order valence-corrected chi connectivity index (χ4v) is 4.53. The van der Waals surface area contributed by atoms with Crippen LogP contribution in [0.5, 0.6) is 0 Å². The van der Waals surface area contributed by atoms with Gasteiger partial charge in [-0.1, -0.05) is 12.1 Å². The first-order chi connectivity index (χ1) is 13.4. The van der Waals surface area contributed by atoms with Crippen molar-refractivity contribution in [2.75, 3.05) is 49.9 Å². The van der Waals surface area contributed by atoms with E-state index < -0.39 is 9.73 Å². The van der Waals surface area contributed by atoms with Crippen molar-refractivity contribution in [3.8, 4) is 11.4 Å². The van der Waals surface area contributed by atoms with Gasteiger partial charge < -0.3 is 20.1 Å². The average molecular weight is 404 g/mol. The molecule has 9 heteroatoms. The fraction of sp³-hybridized carbons (Fsp3) is 0.474. The van der Waals surface area contributed by atoms with E-state index in [0.29, 0.717) is 43.8 Å². The average Bonchev–Trinajstić information content (AvgIpc) is 2.59. The fourth-order valence-electron chi connectivity index (χ4n) is 3.22. The van der Waals surface area contributed by atoms with E-state index in [1.165, 1.54) is 0 Å². The van der Waals surface area contributed by atoms with Crippen LogP contribution in [-0.4, -0.2) is 64.7 Å². The number of rotatable bonds is 4. The van der Waals surface area contributed by atoms with Crippen molar-refractivity contribution in [1.29, 1.82) is 0 Å². The molecule has 3 heterocycles. The van der Waals surface area contributed by atoms with Crippen LogP contribution in [0.3, 0.4) is 0 Å². The lowest BCUT2D eigenvalue weighted by molar-refractivity contribution is 0.0431. The van der Waals surface area contributed by atoms with E-state index in [4.69, 9.17) is 20.2 Å². The first-order valence-electron chi connectivity index (χ1n) is 9.30. The molecule has 2 aliphatic rings. The smallest absolute Gasteiger partial charge is 0.167 e. The summed E-state index contributed by atoms with van der Waals surface area (Å²) in [5.74, 6) is 1.69. The second-order valence-electron chi connectivity index (χ2n) is 7.26. The minimum Gasteiger partial charge on any atom is -0.399 e. The summed E-state index contributed by atoms with van der Waals surface area (Å²) in [5, 5.41) is -0.0657. The van der Waals surface area contributed by atoms with Crippen LogP contribution in [-0.2, 0) is 19.2 Å². The molecule has 0 saturated carbocycles. The molecule has 2 aliphatic heterocycles. The Hall–Kier alpha value is -2.23. The van der Waals surface area contributed by atoms with Crippen LogP contribution in [0.15, 0.2) is 34.7 Å². The standard InChI is InChI=1S/C19H25N5O3S/c1-13-10-26-7-6-24(13)18-9-17(23-28(2,25)16-11-27-12-16)21-19(22-18)14-4-3-5-15(20)8-14/h3-5,8-9,13,16H,6-7,10-12,20H2,1-2H3/t13-,28-/m1/s1. The number of nitrogen functional groups attached to an aromatic ring is 1. The molecule has 2 atom stereocenters. The molecule has 2 saturated heterocycles. The Kier molecular flexibility index (Phi) is 5.22. The van der Waals surface area contributed by atoms with Gasteiger partial charge in [0.2, 0.25) is 0 Å². The quantitative estimate of drug-likeness (QED) is 0.780. The molecule has 0 aliphatic carbocycles. The van der Waals surface area contributed by atoms with Gasteiger partial charge in [0.15, 0.2) is 11.6 Å². The highest BCUT2D eigenvalue weighted by molar-refractivity contribution is 7.93. The zero-order chi connectivity index (χ0) is 19.7. The molecular formula is C19H25N5O3S. The van der Waals surface area contributed by atoms with Gasteiger partial charge in [0.05, 0.1) is 47.4 Å². The lowest BCUT2D eigenvalue weighted by Gasteiger charge is -2.34. The van der Waals surface area contributed by atoms with Gasteiger partial charge in [-0.15, -0.1) is 0 Å². The molecule has 1 aromatic carbocycles. The van der Waals surface area contributed by atoms with Gasteiger partial charge in [-0.2, -0.15) is 4.36 Å². The van der Waals surface area contributed by atoms with Gasteiger partial charge in [-0.3, -0.25) is 0 Å². The topological polar surface area (TPSA) is 103 Å². The molecule has 0 radical (unpaired) electrons. The molecular weight excluding hydrogens is 378 g/mol. The van der Waals surface area contributed by atoms with E-state index in [-0.39, 0.29) is 11.3 Å². The number of anilines is 2. The Bertz CT molecular complexity index is 985. The molecule has 28 heavy (non-hydrogen) atoms. The van der Waals surface area contributed by atoms with E-state index in [1.807, 2.05) is 24.3 Å². The van der Waals surface area contributed by atoms with Crippen molar-refractivity contribution in [3.05, 3.63) is 30.3 Å². The van der Waals surface area contributed by atoms with Gasteiger partial charge in [-0.25, -0.2) is 14.2 Å². The third kappa shape index (κ3) is 3.96. The molecule has 150 valence electrons. The Morgan fingerprint density at radius 2 is 2.04 bits per heavy atom. The van der Waals surface area contributed by atoms with Gasteiger partial charge in [0.25, 0.3) is 0 Å². The van der Waals surface area contributed by atoms with Crippen LogP contribution >= 0.6 is 0 Å². The summed E-state index contributed by atoms with van der Waals surface area (Å²) >= 11 is 0. The van der Waals surface area contributed by atoms with Crippen LogP contribution in [0.25, 0.3) is 11.4 Å². The Balaban J connectivity index is 1.81. The van der Waals surface area contributed by atoms with E-state index in [1.54, 1.807) is 12.3 Å². The molecule has 2 N–H and O–H groups in total. The first-order valence-corrected chi connectivity index (χ1v) is 11.3. The van der Waals surface area contributed by atoms with Gasteiger partial charge in [0, 0.05) is 30.1 Å². The zero-order valence-corrected chi connectivity index (χ0v) is 16.9. The summed E-state index contributed by atoms with van der Waals surface area (Å²) in [6.45, 7) is 5.03. The zero-order valence-electron chi connectivity index (χ0n) is 16.1. The molecule has 2 aromatic rings. The number of hydrogen-bond acceptors (Lipinski definition) is 8. The molecule has 0 spiro atoms. The van der Waals surface area contributed by atoms with Crippen molar-refractivity contribution in [1.82, 2.24) is 9.97 Å². The molecule has 4 rings (SSSR count). The van der Waals surface area contributed by atoms with Crippen LogP contribution in [0.2, 0.25) is 0 Å². The van der Waals surface area contributed by atoms with E-state index in [2.05, 4.69) is 21.2 Å². The first kappa shape index (κ1) is 19.1. The number of hydrogen-bond donors (Lipinski definition) is 1. The number of nitrogens with two attached hydrogens (primary N) is 1. The van der Waals surface area contributed by atoms with Crippen LogP contribution in [0.1, 0.15) is 6.92 Å². The minimum absolute atomic E-state index is 0.0657. The third-order valence-corrected chi connectivity index (χ3v) is 7.07.